The molecule has 1 aliphatic rings. The number of rotatable bonds is 9. The first kappa shape index (κ1) is 31.3. The van der Waals surface area contributed by atoms with E-state index in [0.29, 0.717) is 0 Å². The predicted molar refractivity (Wildman–Crippen MR) is 117 cm³/mol. The zero-order chi connectivity index (χ0) is 28.5. The molecular weight excluding hydrogens is 502 g/mol. The van der Waals surface area contributed by atoms with E-state index < -0.39 is 90.8 Å². The summed E-state index contributed by atoms with van der Waals surface area (Å²) in [5.74, 6) is -6.09. The van der Waals surface area contributed by atoms with Crippen molar-refractivity contribution in [3.8, 4) is 0 Å². The average Bonchev–Trinajstić information content (AvgIpc) is 2.74. The molecule has 6 atom stereocenters. The molecule has 0 aliphatic carbocycles. The lowest BCUT2D eigenvalue weighted by molar-refractivity contribution is -0.286. The van der Waals surface area contributed by atoms with Gasteiger partial charge in [0, 0.05) is 48.0 Å². The summed E-state index contributed by atoms with van der Waals surface area (Å²) in [6, 6.07) is -1.27. The second kappa shape index (κ2) is 13.5. The normalized spacial score (nSPS) is 24.4. The maximum atomic E-state index is 12.8. The van der Waals surface area contributed by atoms with E-state index in [2.05, 4.69) is 15.1 Å². The zero-order valence-electron chi connectivity index (χ0n) is 21.5. The number of amides is 1. The number of hydrogen-bond donors (Lipinski definition) is 1. The highest BCUT2D eigenvalue weighted by Crippen LogP contribution is 2.36. The summed E-state index contributed by atoms with van der Waals surface area (Å²) < 4.78 is 26.8. The van der Waals surface area contributed by atoms with Crippen molar-refractivity contribution in [2.45, 2.75) is 90.9 Å². The van der Waals surface area contributed by atoms with E-state index >= 15 is 0 Å². The van der Waals surface area contributed by atoms with E-state index in [1.54, 1.807) is 0 Å². The Morgan fingerprint density at radius 1 is 0.838 bits per heavy atom. The van der Waals surface area contributed by atoms with Crippen LogP contribution in [-0.4, -0.2) is 84.4 Å². The molecule has 208 valence electrons. The van der Waals surface area contributed by atoms with Crippen molar-refractivity contribution in [2.24, 2.45) is 0 Å². The quantitative estimate of drug-likeness (QED) is 0.171. The summed E-state index contributed by atoms with van der Waals surface area (Å²) in [5, 5.41) is 2.52. The summed E-state index contributed by atoms with van der Waals surface area (Å²) >= 11 is 0. The van der Waals surface area contributed by atoms with Gasteiger partial charge in [0.1, 0.15) is 18.8 Å². The Balaban J connectivity index is 3.66. The Labute approximate surface area is 212 Å². The molecule has 0 unspecified atom stereocenters. The van der Waals surface area contributed by atoms with Crippen LogP contribution in [0.3, 0.4) is 0 Å². The molecule has 0 aromatic carbocycles. The fourth-order valence-electron chi connectivity index (χ4n) is 3.62. The van der Waals surface area contributed by atoms with Gasteiger partial charge in [0.15, 0.2) is 17.8 Å². The Morgan fingerprint density at radius 3 is 1.89 bits per heavy atom. The first-order chi connectivity index (χ1) is 17.1. The molecule has 0 spiro atoms. The van der Waals surface area contributed by atoms with Crippen molar-refractivity contribution in [1.29, 1.82) is 0 Å². The highest BCUT2D eigenvalue weighted by Gasteiger charge is 2.56. The number of hydrogen-bond acceptors (Lipinski definition) is 14. The molecule has 15 heteroatoms. The van der Waals surface area contributed by atoms with E-state index in [9.17, 15) is 33.6 Å². The number of esters is 4. The monoisotopic (exact) mass is 533 g/mol. The summed E-state index contributed by atoms with van der Waals surface area (Å²) in [7, 11) is 0. The summed E-state index contributed by atoms with van der Waals surface area (Å²) in [6.45, 7) is 6.96. The Hall–Kier alpha value is -3.75. The van der Waals surface area contributed by atoms with Gasteiger partial charge in [0.25, 0.3) is 0 Å². The van der Waals surface area contributed by atoms with Gasteiger partial charge >= 0.3 is 35.8 Å². The lowest BCUT2D eigenvalue weighted by atomic mass is 9.84. The minimum absolute atomic E-state index is 0.400. The third kappa shape index (κ3) is 10.0. The molecule has 1 amide bonds. The first-order valence-electron chi connectivity index (χ1n) is 11.0. The van der Waals surface area contributed by atoms with Crippen LogP contribution in [0, 0.1) is 0 Å². The van der Waals surface area contributed by atoms with Crippen LogP contribution in [0.5, 0.6) is 0 Å². The van der Waals surface area contributed by atoms with E-state index in [-0.39, 0.29) is 0 Å². The van der Waals surface area contributed by atoms with Crippen LogP contribution in [0.25, 0.3) is 0 Å². The van der Waals surface area contributed by atoms with Crippen molar-refractivity contribution in [3.63, 3.8) is 0 Å². The third-order valence-corrected chi connectivity index (χ3v) is 4.86. The Morgan fingerprint density at radius 2 is 1.43 bits per heavy atom. The first-order valence-corrected chi connectivity index (χ1v) is 11.0. The zero-order valence-corrected chi connectivity index (χ0v) is 21.5. The van der Waals surface area contributed by atoms with Crippen molar-refractivity contribution in [3.05, 3.63) is 0 Å². The molecule has 1 aliphatic heterocycles. The number of ether oxygens (including phenoxy) is 5. The topological polar surface area (TPSA) is 196 Å². The Bertz CT molecular complexity index is 917. The van der Waals surface area contributed by atoms with Gasteiger partial charge in [0.05, 0.1) is 6.04 Å². The van der Waals surface area contributed by atoms with Crippen molar-refractivity contribution >= 4 is 41.7 Å². The lowest BCUT2D eigenvalue weighted by Gasteiger charge is -2.47. The van der Waals surface area contributed by atoms with E-state index in [1.165, 1.54) is 6.92 Å². The van der Waals surface area contributed by atoms with Crippen LogP contribution in [0.2, 0.25) is 0 Å². The van der Waals surface area contributed by atoms with E-state index in [0.717, 1.165) is 41.5 Å². The largest absolute Gasteiger partial charge is 0.462 e. The highest BCUT2D eigenvalue weighted by atomic mass is 17.2. The molecule has 15 nitrogen and oxygen atoms in total. The minimum Gasteiger partial charge on any atom is -0.462 e. The molecule has 1 heterocycles. The van der Waals surface area contributed by atoms with Crippen molar-refractivity contribution in [2.75, 3.05) is 6.61 Å². The molecular formula is C22H31NO14. The number of carbonyl (C=O) groups is 7. The standard InChI is InChI=1S/C22H31NO14/c1-10(24)23-18-16(32-12(3)26)8-22(7,21(30)37-36-15(6)29)35-20(18)19(34-14(5)28)17(33-13(4)27)9-31-11(2)25/h16-20H,8-9H2,1-7H3,(H,23,24)/t16-,17-,18-,19+,20+,22+/m0/s1. The van der Waals surface area contributed by atoms with E-state index in [4.69, 9.17) is 23.7 Å². The van der Waals surface area contributed by atoms with Crippen LogP contribution >= 0.6 is 0 Å². The molecule has 0 aromatic rings. The van der Waals surface area contributed by atoms with Crippen LogP contribution in [-0.2, 0) is 67.0 Å². The maximum absolute atomic E-state index is 12.8. The van der Waals surface area contributed by atoms with Gasteiger partial charge in [-0.15, -0.1) is 0 Å². The number of carbonyl (C=O) groups excluding carboxylic acids is 7. The van der Waals surface area contributed by atoms with Gasteiger partial charge in [-0.25, -0.2) is 19.4 Å². The summed E-state index contributed by atoms with van der Waals surface area (Å²) in [4.78, 5) is 92.0. The molecule has 1 saturated heterocycles. The molecule has 0 radical (unpaired) electrons. The smallest absolute Gasteiger partial charge is 0.386 e. The second-order valence-electron chi connectivity index (χ2n) is 8.36. The molecule has 0 bridgehead atoms. The summed E-state index contributed by atoms with van der Waals surface area (Å²) in [5.41, 5.74) is -2.00. The van der Waals surface area contributed by atoms with Gasteiger partial charge in [0.2, 0.25) is 5.91 Å². The Kier molecular flexibility index (Phi) is 11.4. The van der Waals surface area contributed by atoms with Gasteiger partial charge in [-0.05, 0) is 6.92 Å². The van der Waals surface area contributed by atoms with Crippen LogP contribution in [0.1, 0.15) is 54.9 Å². The van der Waals surface area contributed by atoms with Crippen LogP contribution in [0.4, 0.5) is 0 Å². The van der Waals surface area contributed by atoms with Crippen molar-refractivity contribution in [1.82, 2.24) is 5.32 Å². The van der Waals surface area contributed by atoms with Gasteiger partial charge in [-0.2, -0.15) is 0 Å². The number of nitrogens with one attached hydrogen (secondary N) is 1. The van der Waals surface area contributed by atoms with Crippen molar-refractivity contribution < 1.29 is 67.0 Å². The minimum atomic E-state index is -2.00. The molecule has 1 fully saturated rings. The molecule has 0 saturated carbocycles. The lowest BCUT2D eigenvalue weighted by Crippen LogP contribution is -2.68. The SMILES string of the molecule is CC(=O)N[C@@H]1[C@H]([C@H](OC(C)=O)[C@H](COC(C)=O)OC(C)=O)O[C@@](C)(C(=O)OOC(C)=O)C[C@@H]1OC(C)=O. The third-order valence-electron chi connectivity index (χ3n) is 4.86. The van der Waals surface area contributed by atoms with Crippen LogP contribution in [0.15, 0.2) is 0 Å². The molecule has 37 heavy (non-hydrogen) atoms. The van der Waals surface area contributed by atoms with Gasteiger partial charge in [-0.1, -0.05) is 0 Å². The van der Waals surface area contributed by atoms with E-state index in [1.807, 2.05) is 0 Å². The second-order valence-corrected chi connectivity index (χ2v) is 8.36. The predicted octanol–water partition coefficient (Wildman–Crippen LogP) is -0.582. The fraction of sp³-hybridized carbons (Fsp3) is 0.682. The van der Waals surface area contributed by atoms with Gasteiger partial charge < -0.3 is 29.0 Å². The molecule has 1 N–H and O–H groups in total. The fourth-order valence-corrected chi connectivity index (χ4v) is 3.62. The summed E-state index contributed by atoms with van der Waals surface area (Å²) in [6.07, 6.45) is -6.34. The average molecular weight is 533 g/mol. The maximum Gasteiger partial charge on any atom is 0.386 e. The molecule has 1 rings (SSSR count). The van der Waals surface area contributed by atoms with Crippen LogP contribution < -0.4 is 5.32 Å². The molecule has 0 aromatic heterocycles. The van der Waals surface area contributed by atoms with Gasteiger partial charge in [-0.3, -0.25) is 24.0 Å². The highest BCUT2D eigenvalue weighted by molar-refractivity contribution is 5.80.